The first kappa shape index (κ1) is 16.0. The standard InChI is InChI=1S/C12H10BrF4NO3/c13-6-4-7(14)10(21-12(15,16)17)5-8(6)18-11(19)9-2-1-3-20-9/h4-5,9H,1-3H2,(H,18,19)/t9-/m0/s1. The lowest BCUT2D eigenvalue weighted by atomic mass is 10.2. The van der Waals surface area contributed by atoms with E-state index in [0.29, 0.717) is 13.0 Å². The van der Waals surface area contributed by atoms with Crippen molar-refractivity contribution in [3.8, 4) is 5.75 Å². The summed E-state index contributed by atoms with van der Waals surface area (Å²) in [6.07, 6.45) is -4.43. The zero-order valence-corrected chi connectivity index (χ0v) is 12.1. The summed E-state index contributed by atoms with van der Waals surface area (Å²) in [5.74, 6) is -2.72. The molecule has 2 rings (SSSR count). The van der Waals surface area contributed by atoms with E-state index in [-0.39, 0.29) is 10.2 Å². The number of ether oxygens (including phenoxy) is 2. The van der Waals surface area contributed by atoms with Crippen molar-refractivity contribution in [1.29, 1.82) is 0 Å². The van der Waals surface area contributed by atoms with Gasteiger partial charge in [0.25, 0.3) is 5.91 Å². The van der Waals surface area contributed by atoms with E-state index in [0.717, 1.165) is 18.6 Å². The van der Waals surface area contributed by atoms with Crippen molar-refractivity contribution in [2.75, 3.05) is 11.9 Å². The second kappa shape index (κ2) is 6.18. The number of nitrogens with one attached hydrogen (secondary N) is 1. The van der Waals surface area contributed by atoms with Gasteiger partial charge in [0.15, 0.2) is 11.6 Å². The molecule has 1 aromatic rings. The van der Waals surface area contributed by atoms with Gasteiger partial charge in [0.2, 0.25) is 0 Å². The Morgan fingerprint density at radius 2 is 2.14 bits per heavy atom. The Bertz CT molecular complexity index is 544. The highest BCUT2D eigenvalue weighted by atomic mass is 79.9. The summed E-state index contributed by atoms with van der Waals surface area (Å²) >= 11 is 2.97. The quantitative estimate of drug-likeness (QED) is 0.825. The van der Waals surface area contributed by atoms with Crippen molar-refractivity contribution in [3.05, 3.63) is 22.4 Å². The van der Waals surface area contributed by atoms with E-state index in [4.69, 9.17) is 4.74 Å². The van der Waals surface area contributed by atoms with Crippen molar-refractivity contribution in [2.45, 2.75) is 25.3 Å². The summed E-state index contributed by atoms with van der Waals surface area (Å²) in [4.78, 5) is 11.8. The number of alkyl halides is 3. The molecule has 0 bridgehead atoms. The topological polar surface area (TPSA) is 47.6 Å². The van der Waals surface area contributed by atoms with E-state index in [1.807, 2.05) is 0 Å². The average molecular weight is 372 g/mol. The zero-order chi connectivity index (χ0) is 15.6. The van der Waals surface area contributed by atoms with Gasteiger partial charge in [-0.2, -0.15) is 0 Å². The fraction of sp³-hybridized carbons (Fsp3) is 0.417. The first-order chi connectivity index (χ1) is 9.76. The molecule has 0 aromatic heterocycles. The van der Waals surface area contributed by atoms with Crippen LogP contribution in [0.2, 0.25) is 0 Å². The molecule has 116 valence electrons. The molecule has 1 amide bonds. The van der Waals surface area contributed by atoms with Crippen LogP contribution in [0, 0.1) is 5.82 Å². The lowest BCUT2D eigenvalue weighted by molar-refractivity contribution is -0.275. The SMILES string of the molecule is O=C(Nc1cc(OC(F)(F)F)c(F)cc1Br)[C@@H]1CCCO1. The minimum Gasteiger partial charge on any atom is -0.403 e. The average Bonchev–Trinajstić information content (AvgIpc) is 2.87. The van der Waals surface area contributed by atoms with Crippen LogP contribution in [0.3, 0.4) is 0 Å². The molecule has 1 saturated heterocycles. The summed E-state index contributed by atoms with van der Waals surface area (Å²) in [6, 6.07) is 1.55. The lowest BCUT2D eigenvalue weighted by Crippen LogP contribution is -2.27. The summed E-state index contributed by atoms with van der Waals surface area (Å²) in [7, 11) is 0. The third kappa shape index (κ3) is 4.31. The van der Waals surface area contributed by atoms with Gasteiger partial charge in [0.1, 0.15) is 6.10 Å². The van der Waals surface area contributed by atoms with Crippen molar-refractivity contribution >= 4 is 27.5 Å². The van der Waals surface area contributed by atoms with E-state index in [1.165, 1.54) is 0 Å². The number of hydrogen-bond donors (Lipinski definition) is 1. The number of rotatable bonds is 3. The number of carbonyl (C=O) groups is 1. The number of hydrogen-bond acceptors (Lipinski definition) is 3. The van der Waals surface area contributed by atoms with Gasteiger partial charge < -0.3 is 14.8 Å². The molecule has 1 aliphatic heterocycles. The molecule has 4 nitrogen and oxygen atoms in total. The maximum Gasteiger partial charge on any atom is 0.573 e. The maximum absolute atomic E-state index is 13.4. The normalized spacial score (nSPS) is 18.6. The van der Waals surface area contributed by atoms with Crippen LogP contribution < -0.4 is 10.1 Å². The second-order valence-corrected chi connectivity index (χ2v) is 5.16. The molecular weight excluding hydrogens is 362 g/mol. The third-order valence-electron chi connectivity index (χ3n) is 2.73. The van der Waals surface area contributed by atoms with Crippen molar-refractivity contribution in [1.82, 2.24) is 0 Å². The fourth-order valence-electron chi connectivity index (χ4n) is 1.83. The maximum atomic E-state index is 13.4. The smallest absolute Gasteiger partial charge is 0.403 e. The Morgan fingerprint density at radius 3 is 2.71 bits per heavy atom. The van der Waals surface area contributed by atoms with Crippen LogP contribution in [0.1, 0.15) is 12.8 Å². The molecule has 0 unspecified atom stereocenters. The van der Waals surface area contributed by atoms with Crippen LogP contribution in [0.25, 0.3) is 0 Å². The van der Waals surface area contributed by atoms with E-state index in [2.05, 4.69) is 26.0 Å². The molecule has 1 aromatic carbocycles. The predicted octanol–water partition coefficient (Wildman–Crippen LogP) is 3.60. The zero-order valence-electron chi connectivity index (χ0n) is 10.5. The van der Waals surface area contributed by atoms with Gasteiger partial charge in [-0.05, 0) is 34.8 Å². The number of anilines is 1. The molecule has 1 aliphatic rings. The molecule has 0 saturated carbocycles. The van der Waals surface area contributed by atoms with E-state index in [1.54, 1.807) is 0 Å². The first-order valence-corrected chi connectivity index (χ1v) is 6.73. The van der Waals surface area contributed by atoms with Crippen molar-refractivity contribution < 1.29 is 31.8 Å². The van der Waals surface area contributed by atoms with E-state index >= 15 is 0 Å². The fourth-order valence-corrected chi connectivity index (χ4v) is 2.24. The van der Waals surface area contributed by atoms with Gasteiger partial charge in [-0.25, -0.2) is 4.39 Å². The molecule has 1 heterocycles. The van der Waals surface area contributed by atoms with Gasteiger partial charge in [-0.1, -0.05) is 0 Å². The number of benzene rings is 1. The van der Waals surface area contributed by atoms with Crippen LogP contribution in [-0.4, -0.2) is 25.0 Å². The van der Waals surface area contributed by atoms with Gasteiger partial charge in [-0.3, -0.25) is 4.79 Å². The Balaban J connectivity index is 2.18. The summed E-state index contributed by atoms with van der Waals surface area (Å²) < 4.78 is 58.7. The highest BCUT2D eigenvalue weighted by Crippen LogP contribution is 2.33. The highest BCUT2D eigenvalue weighted by molar-refractivity contribution is 9.10. The molecule has 1 atom stereocenters. The largest absolute Gasteiger partial charge is 0.573 e. The number of amides is 1. The molecular formula is C12H10BrF4NO3. The second-order valence-electron chi connectivity index (χ2n) is 4.30. The number of halogens is 5. The third-order valence-corrected chi connectivity index (χ3v) is 3.38. The van der Waals surface area contributed by atoms with E-state index < -0.39 is 29.9 Å². The minimum atomic E-state index is -5.02. The van der Waals surface area contributed by atoms with Crippen LogP contribution in [0.4, 0.5) is 23.2 Å². The van der Waals surface area contributed by atoms with Crippen LogP contribution in [0.5, 0.6) is 5.75 Å². The minimum absolute atomic E-state index is 0.0313. The molecule has 0 aliphatic carbocycles. The molecule has 1 fully saturated rings. The van der Waals surface area contributed by atoms with Gasteiger partial charge >= 0.3 is 6.36 Å². The van der Waals surface area contributed by atoms with Crippen LogP contribution in [0.15, 0.2) is 16.6 Å². The molecule has 9 heteroatoms. The number of carbonyl (C=O) groups excluding carboxylic acids is 1. The van der Waals surface area contributed by atoms with Crippen molar-refractivity contribution in [3.63, 3.8) is 0 Å². The predicted molar refractivity (Wildman–Crippen MR) is 68.4 cm³/mol. The molecule has 0 spiro atoms. The van der Waals surface area contributed by atoms with Gasteiger partial charge in [0.05, 0.1) is 5.69 Å². The molecule has 21 heavy (non-hydrogen) atoms. The van der Waals surface area contributed by atoms with Gasteiger partial charge in [-0.15, -0.1) is 13.2 Å². The lowest BCUT2D eigenvalue weighted by Gasteiger charge is -2.15. The first-order valence-electron chi connectivity index (χ1n) is 5.93. The Labute approximate surface area is 125 Å². The highest BCUT2D eigenvalue weighted by Gasteiger charge is 2.33. The van der Waals surface area contributed by atoms with Crippen molar-refractivity contribution in [2.24, 2.45) is 0 Å². The van der Waals surface area contributed by atoms with E-state index in [9.17, 15) is 22.4 Å². The molecule has 0 radical (unpaired) electrons. The summed E-state index contributed by atoms with van der Waals surface area (Å²) in [5.41, 5.74) is -0.0313. The Kier molecular flexibility index (Phi) is 4.72. The summed E-state index contributed by atoms with van der Waals surface area (Å²) in [6.45, 7) is 0.450. The summed E-state index contributed by atoms with van der Waals surface area (Å²) in [5, 5.41) is 2.38. The monoisotopic (exact) mass is 371 g/mol. The molecule has 1 N–H and O–H groups in total. The van der Waals surface area contributed by atoms with Crippen LogP contribution >= 0.6 is 15.9 Å². The Morgan fingerprint density at radius 1 is 1.43 bits per heavy atom. The Hall–Kier alpha value is -1.35. The van der Waals surface area contributed by atoms with Gasteiger partial charge in [0, 0.05) is 17.1 Å². The van der Waals surface area contributed by atoms with Crippen LogP contribution in [-0.2, 0) is 9.53 Å².